The van der Waals surface area contributed by atoms with Gasteiger partial charge in [0.2, 0.25) is 0 Å². The summed E-state index contributed by atoms with van der Waals surface area (Å²) in [6.07, 6.45) is 0.188. The van der Waals surface area contributed by atoms with Crippen molar-refractivity contribution >= 4 is 29.1 Å². The molecule has 0 aliphatic heterocycles. The van der Waals surface area contributed by atoms with Crippen LogP contribution in [0.25, 0.3) is 0 Å². The minimum atomic E-state index is -0.720. The van der Waals surface area contributed by atoms with Crippen LogP contribution in [0.5, 0.6) is 0 Å². The third-order valence-corrected chi connectivity index (χ3v) is 3.20. The van der Waals surface area contributed by atoms with Gasteiger partial charge in [0.15, 0.2) is 0 Å². The van der Waals surface area contributed by atoms with Crippen LogP contribution in [0.15, 0.2) is 53.7 Å². The summed E-state index contributed by atoms with van der Waals surface area (Å²) in [6.45, 7) is 0. The van der Waals surface area contributed by atoms with Crippen LogP contribution in [0, 0.1) is 10.1 Å². The summed E-state index contributed by atoms with van der Waals surface area (Å²) >= 11 is 5.87. The summed E-state index contributed by atoms with van der Waals surface area (Å²) in [5.74, 6) is -0.665. The number of nitrogens with two attached hydrogens (primary N) is 1. The number of carbonyl (C=O) groups excluding carboxylic acids is 1. The van der Waals surface area contributed by atoms with Crippen LogP contribution < -0.4 is 5.73 Å². The highest BCUT2D eigenvalue weighted by Gasteiger charge is 2.11. The Balaban J connectivity index is 1.99. The quantitative estimate of drug-likeness (QED) is 0.297. The van der Waals surface area contributed by atoms with E-state index in [1.807, 2.05) is 0 Å². The van der Waals surface area contributed by atoms with Crippen molar-refractivity contribution in [2.75, 3.05) is 0 Å². The first-order valence-electron chi connectivity index (χ1n) is 6.49. The molecular weight excluding hydrogens is 322 g/mol. The summed E-state index contributed by atoms with van der Waals surface area (Å²) in [5.41, 5.74) is 6.54. The van der Waals surface area contributed by atoms with Gasteiger partial charge in [-0.1, -0.05) is 41.0 Å². The van der Waals surface area contributed by atoms with Crippen molar-refractivity contribution in [3.63, 3.8) is 0 Å². The molecular formula is C15H12ClN3O4. The van der Waals surface area contributed by atoms with Gasteiger partial charge in [-0.25, -0.2) is 4.79 Å². The Morgan fingerprint density at radius 1 is 1.22 bits per heavy atom. The molecule has 0 radical (unpaired) electrons. The lowest BCUT2D eigenvalue weighted by Gasteiger charge is -2.03. The summed E-state index contributed by atoms with van der Waals surface area (Å²) in [6, 6.07) is 12.2. The summed E-state index contributed by atoms with van der Waals surface area (Å²) in [7, 11) is 0. The molecule has 0 aromatic heterocycles. The van der Waals surface area contributed by atoms with Crippen molar-refractivity contribution in [3.8, 4) is 0 Å². The molecule has 7 nitrogen and oxygen atoms in total. The first-order valence-corrected chi connectivity index (χ1v) is 6.86. The number of nitro groups is 1. The maximum atomic E-state index is 11.8. The lowest BCUT2D eigenvalue weighted by Crippen LogP contribution is -2.16. The molecule has 0 spiro atoms. The van der Waals surface area contributed by atoms with Gasteiger partial charge >= 0.3 is 5.97 Å². The lowest BCUT2D eigenvalue weighted by molar-refractivity contribution is -0.384. The van der Waals surface area contributed by atoms with E-state index in [1.165, 1.54) is 18.2 Å². The molecule has 118 valence electrons. The van der Waals surface area contributed by atoms with E-state index in [1.54, 1.807) is 30.3 Å². The van der Waals surface area contributed by atoms with E-state index in [0.29, 0.717) is 5.56 Å². The monoisotopic (exact) mass is 333 g/mol. The van der Waals surface area contributed by atoms with Gasteiger partial charge in [-0.05, 0) is 17.7 Å². The molecule has 0 aliphatic carbocycles. The molecule has 2 aromatic carbocycles. The molecule has 0 saturated carbocycles. The number of non-ortho nitro benzene ring substituents is 1. The first-order chi connectivity index (χ1) is 11.0. The molecule has 0 aliphatic rings. The van der Waals surface area contributed by atoms with E-state index in [9.17, 15) is 14.9 Å². The van der Waals surface area contributed by atoms with Crippen molar-refractivity contribution < 1.29 is 14.6 Å². The van der Waals surface area contributed by atoms with E-state index in [-0.39, 0.29) is 28.5 Å². The van der Waals surface area contributed by atoms with Gasteiger partial charge < -0.3 is 10.6 Å². The molecule has 0 unspecified atom stereocenters. The Hall–Kier alpha value is -2.93. The van der Waals surface area contributed by atoms with Crippen LogP contribution in [-0.4, -0.2) is 16.7 Å². The van der Waals surface area contributed by atoms with Crippen LogP contribution in [0.3, 0.4) is 0 Å². The van der Waals surface area contributed by atoms with Crippen molar-refractivity contribution in [2.24, 2.45) is 10.9 Å². The summed E-state index contributed by atoms with van der Waals surface area (Å²) in [4.78, 5) is 26.6. The number of nitrogens with zero attached hydrogens (tertiary/aromatic N) is 2. The summed E-state index contributed by atoms with van der Waals surface area (Å²) in [5, 5.41) is 14.4. The molecule has 2 N–H and O–H groups in total. The number of nitro benzene ring substituents is 1. The van der Waals surface area contributed by atoms with Crippen molar-refractivity contribution in [1.82, 2.24) is 0 Å². The molecule has 8 heteroatoms. The third kappa shape index (κ3) is 4.52. The van der Waals surface area contributed by atoms with Gasteiger partial charge in [-0.2, -0.15) is 0 Å². The number of carbonyl (C=O) groups is 1. The molecule has 0 saturated heterocycles. The standard InChI is InChI=1S/C15H12ClN3O4/c16-13-4-2-1-3-12(13)15(20)23-18-14(17)9-10-5-7-11(8-6-10)19(21)22/h1-8H,9H2,(H2,17,18). The van der Waals surface area contributed by atoms with E-state index in [0.717, 1.165) is 0 Å². The normalized spacial score (nSPS) is 11.1. The fourth-order valence-corrected chi connectivity index (χ4v) is 1.97. The number of benzene rings is 2. The van der Waals surface area contributed by atoms with E-state index >= 15 is 0 Å². The molecule has 0 fully saturated rings. The molecule has 23 heavy (non-hydrogen) atoms. The zero-order chi connectivity index (χ0) is 16.8. The zero-order valence-corrected chi connectivity index (χ0v) is 12.6. The average molecular weight is 334 g/mol. The molecule has 0 amide bonds. The maximum Gasteiger partial charge on any atom is 0.367 e. The van der Waals surface area contributed by atoms with Crippen LogP contribution >= 0.6 is 11.6 Å². The van der Waals surface area contributed by atoms with Crippen LogP contribution in [0.4, 0.5) is 5.69 Å². The minimum Gasteiger partial charge on any atom is -0.384 e. The van der Waals surface area contributed by atoms with Crippen molar-refractivity contribution in [2.45, 2.75) is 6.42 Å². The molecule has 2 rings (SSSR count). The Morgan fingerprint density at radius 3 is 2.48 bits per heavy atom. The van der Waals surface area contributed by atoms with Gasteiger partial charge in [-0.15, -0.1) is 0 Å². The third-order valence-electron chi connectivity index (χ3n) is 2.87. The van der Waals surface area contributed by atoms with Crippen molar-refractivity contribution in [3.05, 3.63) is 74.8 Å². The zero-order valence-electron chi connectivity index (χ0n) is 11.8. The van der Waals surface area contributed by atoms with Crippen LogP contribution in [-0.2, 0) is 11.3 Å². The number of amidine groups is 1. The van der Waals surface area contributed by atoms with Crippen molar-refractivity contribution in [1.29, 1.82) is 0 Å². The predicted molar refractivity (Wildman–Crippen MR) is 85.3 cm³/mol. The first kappa shape index (κ1) is 16.4. The minimum absolute atomic E-state index is 0.0191. The lowest BCUT2D eigenvalue weighted by atomic mass is 10.1. The second kappa shape index (κ2) is 7.37. The number of hydrogen-bond acceptors (Lipinski definition) is 5. The van der Waals surface area contributed by atoms with Gasteiger partial charge in [0, 0.05) is 18.6 Å². The van der Waals surface area contributed by atoms with Gasteiger partial charge in [0.05, 0.1) is 15.5 Å². The molecule has 0 atom stereocenters. The van der Waals surface area contributed by atoms with Gasteiger partial charge in [0.25, 0.3) is 5.69 Å². The average Bonchev–Trinajstić information content (AvgIpc) is 2.53. The molecule has 0 bridgehead atoms. The van der Waals surface area contributed by atoms with E-state index in [2.05, 4.69) is 5.16 Å². The second-order valence-electron chi connectivity index (χ2n) is 4.54. The highest BCUT2D eigenvalue weighted by Crippen LogP contribution is 2.16. The predicted octanol–water partition coefficient (Wildman–Crippen LogP) is 2.92. The van der Waals surface area contributed by atoms with Gasteiger partial charge in [0.1, 0.15) is 5.84 Å². The SMILES string of the molecule is N/C(Cc1ccc([N+](=O)[O-])cc1)=N\OC(=O)c1ccccc1Cl. The summed E-state index contributed by atoms with van der Waals surface area (Å²) < 4.78 is 0. The Bertz CT molecular complexity index is 760. The Morgan fingerprint density at radius 2 is 1.87 bits per heavy atom. The highest BCUT2D eigenvalue weighted by molar-refractivity contribution is 6.33. The fraction of sp³-hybridized carbons (Fsp3) is 0.0667. The fourth-order valence-electron chi connectivity index (χ4n) is 1.75. The second-order valence-corrected chi connectivity index (χ2v) is 4.95. The number of halogens is 1. The topological polar surface area (TPSA) is 108 Å². The highest BCUT2D eigenvalue weighted by atomic mass is 35.5. The Labute approximate surface area is 136 Å². The maximum absolute atomic E-state index is 11.8. The van der Waals surface area contributed by atoms with E-state index < -0.39 is 10.9 Å². The molecule has 0 heterocycles. The Kier molecular flexibility index (Phi) is 5.27. The smallest absolute Gasteiger partial charge is 0.367 e. The van der Waals surface area contributed by atoms with E-state index in [4.69, 9.17) is 22.2 Å². The van der Waals surface area contributed by atoms with Crippen LogP contribution in [0.1, 0.15) is 15.9 Å². The number of oxime groups is 1. The largest absolute Gasteiger partial charge is 0.384 e. The number of rotatable bonds is 5. The molecule has 2 aromatic rings. The van der Waals surface area contributed by atoms with Crippen LogP contribution in [0.2, 0.25) is 5.02 Å². The van der Waals surface area contributed by atoms with Gasteiger partial charge in [-0.3, -0.25) is 10.1 Å². The number of hydrogen-bond donors (Lipinski definition) is 1.